The van der Waals surface area contributed by atoms with E-state index >= 15 is 0 Å². The molecule has 0 radical (unpaired) electrons. The lowest BCUT2D eigenvalue weighted by atomic mass is 9.45. The maximum atomic E-state index is 2.77. The molecule has 0 aromatic heterocycles. The highest BCUT2D eigenvalue weighted by Gasteiger charge is 2.59. The Balaban J connectivity index is 1.45. The van der Waals surface area contributed by atoms with Gasteiger partial charge in [-0.25, -0.2) is 0 Å². The van der Waals surface area contributed by atoms with Gasteiger partial charge < -0.3 is 0 Å². The van der Waals surface area contributed by atoms with Gasteiger partial charge in [0, 0.05) is 0 Å². The molecule has 0 aromatic carbocycles. The maximum absolute atomic E-state index is 2.77. The summed E-state index contributed by atoms with van der Waals surface area (Å²) in [7, 11) is 0. The molecular weight excluding hydrogens is 336 g/mol. The van der Waals surface area contributed by atoms with Crippen molar-refractivity contribution in [2.24, 2.45) is 58.2 Å². The lowest BCUT2D eigenvalue weighted by molar-refractivity contribution is -0.108. The first-order chi connectivity index (χ1) is 13.3. The van der Waals surface area contributed by atoms with Gasteiger partial charge in [0.05, 0.1) is 0 Å². The molecule has 4 aliphatic carbocycles. The van der Waals surface area contributed by atoms with Crippen molar-refractivity contribution >= 4 is 0 Å². The predicted octanol–water partition coefficient (Wildman–Crippen LogP) is 8.74. The van der Waals surface area contributed by atoms with Crippen molar-refractivity contribution in [3.05, 3.63) is 0 Å². The zero-order valence-electron chi connectivity index (χ0n) is 20.1. The molecule has 0 N–H and O–H groups in total. The van der Waals surface area contributed by atoms with Gasteiger partial charge in [-0.05, 0) is 110 Å². The van der Waals surface area contributed by atoms with Gasteiger partial charge in [-0.2, -0.15) is 0 Å². The molecule has 4 aliphatic rings. The van der Waals surface area contributed by atoms with E-state index in [1.54, 1.807) is 44.9 Å². The van der Waals surface area contributed by atoms with Crippen LogP contribution < -0.4 is 0 Å². The highest BCUT2D eigenvalue weighted by Crippen LogP contribution is 2.68. The van der Waals surface area contributed by atoms with E-state index in [2.05, 4.69) is 41.5 Å². The zero-order valence-corrected chi connectivity index (χ0v) is 20.1. The van der Waals surface area contributed by atoms with E-state index < -0.39 is 0 Å². The summed E-state index contributed by atoms with van der Waals surface area (Å²) in [4.78, 5) is 0. The van der Waals surface area contributed by atoms with Crippen LogP contribution in [0.15, 0.2) is 0 Å². The fourth-order valence-electron chi connectivity index (χ4n) is 9.15. The SMILES string of the molecule is CC(C)[C@H](C)CC[C@@H](C)[C@H]1CC[C@@]2(C)[C@@H]1CC[C@H]1[C@@H]3CCCC[C@@]3(C)CC[C@@H]12. The van der Waals surface area contributed by atoms with Crippen LogP contribution in [0.3, 0.4) is 0 Å². The molecule has 0 amide bonds. The minimum atomic E-state index is 0.685. The predicted molar refractivity (Wildman–Crippen MR) is 122 cm³/mol. The topological polar surface area (TPSA) is 0 Å². The van der Waals surface area contributed by atoms with Gasteiger partial charge in [-0.3, -0.25) is 0 Å². The summed E-state index contributed by atoms with van der Waals surface area (Å²) in [6.07, 6.45) is 18.4. The molecule has 0 aromatic rings. The van der Waals surface area contributed by atoms with Gasteiger partial charge in [-0.1, -0.05) is 67.2 Å². The second kappa shape index (κ2) is 7.92. The van der Waals surface area contributed by atoms with Gasteiger partial charge in [0.15, 0.2) is 0 Å². The van der Waals surface area contributed by atoms with E-state index in [0.29, 0.717) is 10.8 Å². The van der Waals surface area contributed by atoms with Crippen LogP contribution in [0.2, 0.25) is 0 Å². The Labute approximate surface area is 177 Å². The van der Waals surface area contributed by atoms with E-state index in [1.165, 1.54) is 32.1 Å². The fraction of sp³-hybridized carbons (Fsp3) is 1.00. The molecule has 0 unspecified atom stereocenters. The van der Waals surface area contributed by atoms with Crippen LogP contribution in [0, 0.1) is 58.2 Å². The molecule has 0 nitrogen and oxygen atoms in total. The molecule has 28 heavy (non-hydrogen) atoms. The van der Waals surface area contributed by atoms with E-state index in [4.69, 9.17) is 0 Å². The van der Waals surface area contributed by atoms with Crippen molar-refractivity contribution in [1.82, 2.24) is 0 Å². The van der Waals surface area contributed by atoms with Crippen LogP contribution in [0.4, 0.5) is 0 Å². The summed E-state index contributed by atoms with van der Waals surface area (Å²) in [6, 6.07) is 0. The van der Waals surface area contributed by atoms with E-state index in [1.807, 2.05) is 0 Å². The standard InChI is InChI=1S/C28H50/c1-19(2)20(3)10-11-21(4)22-14-18-28(6)25(22)13-12-23-24-9-7-8-16-27(24,5)17-15-26(23)28/h19-26H,7-18H2,1-6H3/t20-,21-,22-,23+,24+,25-,26+,27+,28+/m1/s1. The molecule has 4 rings (SSSR count). The molecule has 4 saturated carbocycles. The highest BCUT2D eigenvalue weighted by atomic mass is 14.6. The van der Waals surface area contributed by atoms with Gasteiger partial charge in [0.2, 0.25) is 0 Å². The van der Waals surface area contributed by atoms with Crippen LogP contribution >= 0.6 is 0 Å². The first-order valence-corrected chi connectivity index (χ1v) is 13.3. The summed E-state index contributed by atoms with van der Waals surface area (Å²) in [5, 5.41) is 0. The van der Waals surface area contributed by atoms with E-state index in [-0.39, 0.29) is 0 Å². The third-order valence-electron chi connectivity index (χ3n) is 11.5. The van der Waals surface area contributed by atoms with Gasteiger partial charge in [0.25, 0.3) is 0 Å². The summed E-state index contributed by atoms with van der Waals surface area (Å²) < 4.78 is 0. The van der Waals surface area contributed by atoms with Crippen LogP contribution in [-0.2, 0) is 0 Å². The van der Waals surface area contributed by atoms with Crippen molar-refractivity contribution in [2.75, 3.05) is 0 Å². The zero-order chi connectivity index (χ0) is 20.1. The maximum Gasteiger partial charge on any atom is -0.0264 e. The highest BCUT2D eigenvalue weighted by molar-refractivity contribution is 5.08. The van der Waals surface area contributed by atoms with Crippen LogP contribution in [0.5, 0.6) is 0 Å². The molecule has 9 atom stereocenters. The summed E-state index contributed by atoms with van der Waals surface area (Å²) >= 11 is 0. The Morgan fingerprint density at radius 3 is 2.25 bits per heavy atom. The lowest BCUT2D eigenvalue weighted by Crippen LogP contribution is -2.52. The largest absolute Gasteiger partial charge is 0.0625 e. The Morgan fingerprint density at radius 1 is 0.714 bits per heavy atom. The third-order valence-corrected chi connectivity index (χ3v) is 11.5. The number of fused-ring (bicyclic) bond motifs is 5. The summed E-state index contributed by atoms with van der Waals surface area (Å²) in [5.74, 6) is 7.99. The second-order valence-electron chi connectivity index (χ2n) is 13.0. The molecule has 0 heteroatoms. The number of hydrogen-bond acceptors (Lipinski definition) is 0. The first kappa shape index (κ1) is 21.2. The number of hydrogen-bond donors (Lipinski definition) is 0. The van der Waals surface area contributed by atoms with Crippen molar-refractivity contribution in [3.63, 3.8) is 0 Å². The first-order valence-electron chi connectivity index (χ1n) is 13.3. The van der Waals surface area contributed by atoms with Crippen molar-refractivity contribution in [3.8, 4) is 0 Å². The minimum absolute atomic E-state index is 0.685. The average molecular weight is 387 g/mol. The molecular formula is C28H50. The quantitative estimate of drug-likeness (QED) is 0.443. The summed E-state index contributed by atoms with van der Waals surface area (Å²) in [5.41, 5.74) is 1.39. The van der Waals surface area contributed by atoms with Crippen LogP contribution in [0.1, 0.15) is 119 Å². The van der Waals surface area contributed by atoms with Crippen molar-refractivity contribution in [2.45, 2.75) is 119 Å². The fourth-order valence-corrected chi connectivity index (χ4v) is 9.15. The monoisotopic (exact) mass is 386 g/mol. The molecule has 162 valence electrons. The Morgan fingerprint density at radius 2 is 1.50 bits per heavy atom. The number of rotatable bonds is 5. The average Bonchev–Trinajstić information content (AvgIpc) is 3.02. The molecule has 4 fully saturated rings. The Kier molecular flexibility index (Phi) is 6.01. The van der Waals surface area contributed by atoms with E-state index in [9.17, 15) is 0 Å². The van der Waals surface area contributed by atoms with E-state index in [0.717, 1.165) is 47.3 Å². The smallest absolute Gasteiger partial charge is 0.0264 e. The Hall–Kier alpha value is 0. The normalized spacial score (nSPS) is 47.9. The summed E-state index contributed by atoms with van der Waals surface area (Å²) in [6.45, 7) is 15.4. The molecule has 0 spiro atoms. The lowest BCUT2D eigenvalue weighted by Gasteiger charge is -2.60. The van der Waals surface area contributed by atoms with Gasteiger partial charge in [0.1, 0.15) is 0 Å². The Bertz CT molecular complexity index is 534. The van der Waals surface area contributed by atoms with Crippen molar-refractivity contribution in [1.29, 1.82) is 0 Å². The van der Waals surface area contributed by atoms with Crippen molar-refractivity contribution < 1.29 is 0 Å². The van der Waals surface area contributed by atoms with Gasteiger partial charge in [-0.15, -0.1) is 0 Å². The minimum Gasteiger partial charge on any atom is -0.0625 e. The van der Waals surface area contributed by atoms with Gasteiger partial charge >= 0.3 is 0 Å². The molecule has 0 heterocycles. The van der Waals surface area contributed by atoms with Crippen LogP contribution in [-0.4, -0.2) is 0 Å². The molecule has 0 bridgehead atoms. The third kappa shape index (κ3) is 3.51. The molecule has 0 saturated heterocycles. The van der Waals surface area contributed by atoms with Crippen LogP contribution in [0.25, 0.3) is 0 Å². The second-order valence-corrected chi connectivity index (χ2v) is 13.0. The molecule has 0 aliphatic heterocycles.